The fraction of sp³-hybridized carbons (Fsp3) is 0.154. The maximum absolute atomic E-state index is 10.7. The number of ether oxygens (including phenoxy) is 1. The third kappa shape index (κ3) is 3.20. The van der Waals surface area contributed by atoms with Gasteiger partial charge in [0.15, 0.2) is 0 Å². The minimum absolute atomic E-state index is 0.0881. The van der Waals surface area contributed by atoms with E-state index in [1.807, 2.05) is 0 Å². The number of hydrogen-bond donors (Lipinski definition) is 2. The van der Waals surface area contributed by atoms with Crippen molar-refractivity contribution in [3.63, 3.8) is 0 Å². The maximum Gasteiger partial charge on any atom is 0.371 e. The Kier molecular flexibility index (Phi) is 3.97. The Balaban J connectivity index is 2.09. The molecule has 100 valence electrons. The molecule has 2 aromatic rings. The summed E-state index contributed by atoms with van der Waals surface area (Å²) in [5.74, 6) is -0.0183. The zero-order valence-electron chi connectivity index (χ0n) is 10.1. The number of methoxy groups -OCH3 is 1. The molecule has 0 aliphatic carbocycles. The summed E-state index contributed by atoms with van der Waals surface area (Å²) in [4.78, 5) is 10.7. The normalized spacial score (nSPS) is 10.2. The van der Waals surface area contributed by atoms with Crippen molar-refractivity contribution in [1.82, 2.24) is 0 Å². The quantitative estimate of drug-likeness (QED) is 0.880. The number of rotatable bonds is 5. The van der Waals surface area contributed by atoms with Gasteiger partial charge in [0.2, 0.25) is 5.76 Å². The monoisotopic (exact) mass is 281 g/mol. The van der Waals surface area contributed by atoms with E-state index in [0.29, 0.717) is 28.8 Å². The minimum Gasteiger partial charge on any atom is -0.495 e. The summed E-state index contributed by atoms with van der Waals surface area (Å²) in [6.45, 7) is 0.337. The van der Waals surface area contributed by atoms with E-state index in [1.54, 1.807) is 31.4 Å². The Labute approximate surface area is 114 Å². The predicted molar refractivity (Wildman–Crippen MR) is 71.0 cm³/mol. The SMILES string of the molecule is COc1ccc(Cl)cc1NCc1ccc(C(=O)O)o1. The van der Waals surface area contributed by atoms with Gasteiger partial charge >= 0.3 is 5.97 Å². The lowest BCUT2D eigenvalue weighted by Gasteiger charge is -2.10. The van der Waals surface area contributed by atoms with E-state index >= 15 is 0 Å². The first-order chi connectivity index (χ1) is 9.10. The number of nitrogens with one attached hydrogen (secondary N) is 1. The zero-order valence-corrected chi connectivity index (χ0v) is 10.9. The van der Waals surface area contributed by atoms with Crippen molar-refractivity contribution in [2.45, 2.75) is 6.54 Å². The largest absolute Gasteiger partial charge is 0.495 e. The number of furan rings is 1. The molecule has 0 atom stereocenters. The average molecular weight is 282 g/mol. The van der Waals surface area contributed by atoms with E-state index in [0.717, 1.165) is 0 Å². The molecule has 0 fully saturated rings. The highest BCUT2D eigenvalue weighted by molar-refractivity contribution is 6.30. The van der Waals surface area contributed by atoms with E-state index in [2.05, 4.69) is 5.32 Å². The van der Waals surface area contributed by atoms with Crippen molar-refractivity contribution in [3.8, 4) is 5.75 Å². The van der Waals surface area contributed by atoms with Crippen molar-refractivity contribution in [3.05, 3.63) is 46.9 Å². The number of aromatic carboxylic acids is 1. The Morgan fingerprint density at radius 2 is 2.21 bits per heavy atom. The van der Waals surface area contributed by atoms with Gasteiger partial charge < -0.3 is 19.6 Å². The zero-order chi connectivity index (χ0) is 13.8. The van der Waals surface area contributed by atoms with Crippen LogP contribution in [-0.4, -0.2) is 18.2 Å². The predicted octanol–water partition coefficient (Wildman–Crippen LogP) is 3.25. The van der Waals surface area contributed by atoms with Crippen molar-refractivity contribution >= 4 is 23.3 Å². The van der Waals surface area contributed by atoms with Crippen LogP contribution >= 0.6 is 11.6 Å². The van der Waals surface area contributed by atoms with Crippen LogP contribution in [0.4, 0.5) is 5.69 Å². The molecule has 1 aromatic heterocycles. The summed E-state index contributed by atoms with van der Waals surface area (Å²) < 4.78 is 10.3. The summed E-state index contributed by atoms with van der Waals surface area (Å²) in [5, 5.41) is 12.4. The van der Waals surface area contributed by atoms with Crippen molar-refractivity contribution in [1.29, 1.82) is 0 Å². The molecule has 0 amide bonds. The van der Waals surface area contributed by atoms with Crippen LogP contribution in [0.15, 0.2) is 34.7 Å². The summed E-state index contributed by atoms with van der Waals surface area (Å²) in [5.41, 5.74) is 0.711. The lowest BCUT2D eigenvalue weighted by Crippen LogP contribution is -2.00. The Hall–Kier alpha value is -2.14. The Morgan fingerprint density at radius 3 is 2.84 bits per heavy atom. The van der Waals surface area contributed by atoms with Gasteiger partial charge in [0, 0.05) is 5.02 Å². The lowest BCUT2D eigenvalue weighted by molar-refractivity contribution is 0.0660. The van der Waals surface area contributed by atoms with Gasteiger partial charge in [-0.25, -0.2) is 4.79 Å². The summed E-state index contributed by atoms with van der Waals surface area (Å²) >= 11 is 5.90. The van der Waals surface area contributed by atoms with Gasteiger partial charge in [-0.3, -0.25) is 0 Å². The van der Waals surface area contributed by atoms with Gasteiger partial charge in [-0.2, -0.15) is 0 Å². The van der Waals surface area contributed by atoms with Crippen LogP contribution < -0.4 is 10.1 Å². The van der Waals surface area contributed by atoms with Gasteiger partial charge in [-0.05, 0) is 30.3 Å². The number of carbonyl (C=O) groups is 1. The molecule has 0 aliphatic heterocycles. The van der Waals surface area contributed by atoms with Gasteiger partial charge in [-0.15, -0.1) is 0 Å². The highest BCUT2D eigenvalue weighted by atomic mass is 35.5. The molecule has 0 saturated heterocycles. The number of anilines is 1. The van der Waals surface area contributed by atoms with Crippen molar-refractivity contribution in [2.24, 2.45) is 0 Å². The molecule has 0 aliphatic rings. The first kappa shape index (κ1) is 13.3. The first-order valence-electron chi connectivity index (χ1n) is 5.49. The number of halogens is 1. The van der Waals surface area contributed by atoms with Gasteiger partial charge in [-0.1, -0.05) is 11.6 Å². The van der Waals surface area contributed by atoms with Crippen LogP contribution in [0.25, 0.3) is 0 Å². The van der Waals surface area contributed by atoms with E-state index in [-0.39, 0.29) is 5.76 Å². The Morgan fingerprint density at radius 1 is 1.42 bits per heavy atom. The standard InChI is InChI=1S/C13H12ClNO4/c1-18-11-4-2-8(14)6-10(11)15-7-9-3-5-12(19-9)13(16)17/h2-6,15H,7H2,1H3,(H,16,17). The van der Waals surface area contributed by atoms with Crippen LogP contribution in [-0.2, 0) is 6.54 Å². The molecule has 6 heteroatoms. The summed E-state index contributed by atoms with van der Waals surface area (Å²) in [7, 11) is 1.56. The fourth-order valence-corrected chi connectivity index (χ4v) is 1.76. The summed E-state index contributed by atoms with van der Waals surface area (Å²) in [6.07, 6.45) is 0. The van der Waals surface area contributed by atoms with E-state index < -0.39 is 5.97 Å². The van der Waals surface area contributed by atoms with Gasteiger partial charge in [0.1, 0.15) is 11.5 Å². The molecule has 0 bridgehead atoms. The van der Waals surface area contributed by atoms with Crippen LogP contribution in [0.1, 0.15) is 16.3 Å². The molecule has 2 rings (SSSR count). The second kappa shape index (κ2) is 5.67. The van der Waals surface area contributed by atoms with Crippen molar-refractivity contribution < 1.29 is 19.1 Å². The van der Waals surface area contributed by atoms with Crippen LogP contribution in [0.5, 0.6) is 5.75 Å². The van der Waals surface area contributed by atoms with Gasteiger partial charge in [0.25, 0.3) is 0 Å². The number of hydrogen-bond acceptors (Lipinski definition) is 4. The molecule has 5 nitrogen and oxygen atoms in total. The van der Waals surface area contributed by atoms with Crippen LogP contribution in [0.2, 0.25) is 5.02 Å². The van der Waals surface area contributed by atoms with E-state index in [1.165, 1.54) is 6.07 Å². The molecule has 2 N–H and O–H groups in total. The molecular weight excluding hydrogens is 270 g/mol. The Bertz CT molecular complexity index is 594. The topological polar surface area (TPSA) is 71.7 Å². The fourth-order valence-electron chi connectivity index (χ4n) is 1.59. The van der Waals surface area contributed by atoms with E-state index in [4.69, 9.17) is 25.9 Å². The molecule has 0 unspecified atom stereocenters. The first-order valence-corrected chi connectivity index (χ1v) is 5.87. The van der Waals surface area contributed by atoms with Crippen LogP contribution in [0.3, 0.4) is 0 Å². The minimum atomic E-state index is -1.09. The third-order valence-corrected chi connectivity index (χ3v) is 2.72. The molecule has 1 aromatic carbocycles. The number of carboxylic acid groups (broad SMARTS) is 1. The third-order valence-electron chi connectivity index (χ3n) is 2.49. The second-order valence-electron chi connectivity index (χ2n) is 3.77. The lowest BCUT2D eigenvalue weighted by atomic mass is 10.3. The molecule has 0 radical (unpaired) electrons. The van der Waals surface area contributed by atoms with Crippen LogP contribution in [0, 0.1) is 0 Å². The second-order valence-corrected chi connectivity index (χ2v) is 4.21. The summed E-state index contributed by atoms with van der Waals surface area (Å²) in [6, 6.07) is 8.21. The molecule has 0 spiro atoms. The van der Waals surface area contributed by atoms with Gasteiger partial charge in [0.05, 0.1) is 19.3 Å². The van der Waals surface area contributed by atoms with E-state index in [9.17, 15) is 4.79 Å². The smallest absolute Gasteiger partial charge is 0.371 e. The average Bonchev–Trinajstić information content (AvgIpc) is 2.85. The molecular formula is C13H12ClNO4. The maximum atomic E-state index is 10.7. The number of carboxylic acids is 1. The molecule has 19 heavy (non-hydrogen) atoms. The number of benzene rings is 1. The highest BCUT2D eigenvalue weighted by Crippen LogP contribution is 2.28. The van der Waals surface area contributed by atoms with Crippen molar-refractivity contribution in [2.75, 3.05) is 12.4 Å². The highest BCUT2D eigenvalue weighted by Gasteiger charge is 2.09. The molecule has 1 heterocycles. The molecule has 0 saturated carbocycles.